The van der Waals surface area contributed by atoms with E-state index < -0.39 is 0 Å². The van der Waals surface area contributed by atoms with Crippen molar-refractivity contribution < 1.29 is 0 Å². The molecule has 3 rings (SSSR count). The molecule has 0 saturated heterocycles. The molecule has 0 radical (unpaired) electrons. The highest BCUT2D eigenvalue weighted by atomic mass is 32.1. The zero-order chi connectivity index (χ0) is 13.2. The van der Waals surface area contributed by atoms with Crippen LogP contribution in [0.5, 0.6) is 0 Å². The summed E-state index contributed by atoms with van der Waals surface area (Å²) in [6, 6.07) is 2.25. The maximum atomic E-state index is 5.84. The van der Waals surface area contributed by atoms with E-state index in [0.717, 1.165) is 37.5 Å². The van der Waals surface area contributed by atoms with Crippen molar-refractivity contribution in [1.29, 1.82) is 0 Å². The Bertz CT molecular complexity index is 559. The monoisotopic (exact) mass is 293 g/mol. The molecule has 0 spiro atoms. The minimum Gasteiger partial charge on any atom is -0.343 e. The van der Waals surface area contributed by atoms with Gasteiger partial charge in [0.05, 0.1) is 5.69 Å². The van der Waals surface area contributed by atoms with Crippen LogP contribution in [-0.4, -0.2) is 11.5 Å². The van der Waals surface area contributed by atoms with Crippen LogP contribution in [0.4, 0.5) is 5.13 Å². The van der Waals surface area contributed by atoms with E-state index in [2.05, 4.69) is 23.3 Å². The molecule has 0 fully saturated rings. The van der Waals surface area contributed by atoms with Gasteiger partial charge in [-0.05, 0) is 29.9 Å². The first-order valence-corrected chi connectivity index (χ1v) is 8.50. The van der Waals surface area contributed by atoms with Gasteiger partial charge in [-0.15, -0.1) is 22.7 Å². The summed E-state index contributed by atoms with van der Waals surface area (Å²) < 4.78 is 0. The third kappa shape index (κ3) is 2.55. The Labute approximate surface area is 122 Å². The lowest BCUT2D eigenvalue weighted by molar-refractivity contribution is 0.736. The average molecular weight is 293 g/mol. The fourth-order valence-corrected chi connectivity index (χ4v) is 4.41. The van der Waals surface area contributed by atoms with Gasteiger partial charge in [-0.2, -0.15) is 0 Å². The molecule has 2 aromatic heterocycles. The molecule has 0 saturated carbocycles. The van der Waals surface area contributed by atoms with Gasteiger partial charge in [0.25, 0.3) is 0 Å². The van der Waals surface area contributed by atoms with Crippen LogP contribution >= 0.6 is 22.7 Å². The lowest BCUT2D eigenvalue weighted by Gasteiger charge is -2.26. The SMILES string of the molecule is CCCc1nc(N2CCc3sccc3C2)sc1CN. The Morgan fingerprint density at radius 2 is 2.37 bits per heavy atom. The summed E-state index contributed by atoms with van der Waals surface area (Å²) in [5.74, 6) is 0. The van der Waals surface area contributed by atoms with E-state index in [0.29, 0.717) is 6.54 Å². The Morgan fingerprint density at radius 3 is 3.16 bits per heavy atom. The normalized spacial score (nSPS) is 14.7. The molecule has 1 aliphatic rings. The minimum atomic E-state index is 0.616. The molecule has 19 heavy (non-hydrogen) atoms. The molecule has 102 valence electrons. The van der Waals surface area contributed by atoms with Crippen LogP contribution in [0.3, 0.4) is 0 Å². The van der Waals surface area contributed by atoms with E-state index in [-0.39, 0.29) is 0 Å². The number of aryl methyl sites for hydroxylation is 1. The first kappa shape index (κ1) is 13.1. The highest BCUT2D eigenvalue weighted by molar-refractivity contribution is 7.15. The fraction of sp³-hybridized carbons (Fsp3) is 0.500. The maximum absolute atomic E-state index is 5.84. The Kier molecular flexibility index (Phi) is 3.86. The van der Waals surface area contributed by atoms with Crippen LogP contribution in [0.2, 0.25) is 0 Å². The number of nitrogens with two attached hydrogens (primary N) is 1. The van der Waals surface area contributed by atoms with Gasteiger partial charge in [-0.1, -0.05) is 13.3 Å². The molecule has 0 atom stereocenters. The molecular weight excluding hydrogens is 274 g/mol. The standard InChI is InChI=1S/C14H19N3S2/c1-2-3-11-13(8-15)19-14(16-11)17-6-4-12-10(9-17)5-7-18-12/h5,7H,2-4,6,8-9,15H2,1H3. The third-order valence-corrected chi connectivity index (χ3v) is 5.72. The van der Waals surface area contributed by atoms with Crippen LogP contribution in [0.1, 0.15) is 34.4 Å². The Hall–Kier alpha value is -0.910. The van der Waals surface area contributed by atoms with Gasteiger partial charge in [-0.25, -0.2) is 4.98 Å². The Morgan fingerprint density at radius 1 is 1.47 bits per heavy atom. The van der Waals surface area contributed by atoms with Crippen molar-refractivity contribution in [3.05, 3.63) is 32.5 Å². The third-order valence-electron chi connectivity index (χ3n) is 3.52. The van der Waals surface area contributed by atoms with E-state index >= 15 is 0 Å². The molecule has 5 heteroatoms. The van der Waals surface area contributed by atoms with Crippen molar-refractivity contribution in [2.24, 2.45) is 5.73 Å². The summed E-state index contributed by atoms with van der Waals surface area (Å²) in [6.07, 6.45) is 3.32. The topological polar surface area (TPSA) is 42.2 Å². The minimum absolute atomic E-state index is 0.616. The van der Waals surface area contributed by atoms with Crippen molar-refractivity contribution in [3.63, 3.8) is 0 Å². The van der Waals surface area contributed by atoms with Crippen molar-refractivity contribution in [2.75, 3.05) is 11.4 Å². The van der Waals surface area contributed by atoms with Crippen LogP contribution < -0.4 is 10.6 Å². The molecule has 3 nitrogen and oxygen atoms in total. The molecule has 2 N–H and O–H groups in total. The lowest BCUT2D eigenvalue weighted by atomic mass is 10.1. The van der Waals surface area contributed by atoms with Gasteiger partial charge < -0.3 is 10.6 Å². The average Bonchev–Trinajstić information content (AvgIpc) is 3.04. The quantitative estimate of drug-likeness (QED) is 0.941. The lowest BCUT2D eigenvalue weighted by Crippen LogP contribution is -2.29. The predicted octanol–water partition coefficient (Wildman–Crippen LogP) is 3.18. The first-order valence-electron chi connectivity index (χ1n) is 6.80. The van der Waals surface area contributed by atoms with Crippen LogP contribution in [0, 0.1) is 0 Å². The number of anilines is 1. The number of thiazole rings is 1. The second-order valence-electron chi connectivity index (χ2n) is 4.86. The summed E-state index contributed by atoms with van der Waals surface area (Å²) in [4.78, 5) is 10.0. The van der Waals surface area contributed by atoms with Gasteiger partial charge in [0, 0.05) is 29.4 Å². The Balaban J connectivity index is 1.83. The van der Waals surface area contributed by atoms with Crippen LogP contribution in [-0.2, 0) is 25.9 Å². The maximum Gasteiger partial charge on any atom is 0.186 e. The van der Waals surface area contributed by atoms with Crippen molar-refractivity contribution in [1.82, 2.24) is 4.98 Å². The van der Waals surface area contributed by atoms with Gasteiger partial charge in [-0.3, -0.25) is 0 Å². The second kappa shape index (κ2) is 5.61. The largest absolute Gasteiger partial charge is 0.343 e. The predicted molar refractivity (Wildman–Crippen MR) is 83.1 cm³/mol. The highest BCUT2D eigenvalue weighted by Gasteiger charge is 2.21. The van der Waals surface area contributed by atoms with E-state index in [4.69, 9.17) is 10.7 Å². The van der Waals surface area contributed by atoms with Crippen molar-refractivity contribution >= 4 is 27.8 Å². The number of rotatable bonds is 4. The van der Waals surface area contributed by atoms with Crippen molar-refractivity contribution in [2.45, 2.75) is 39.3 Å². The molecule has 2 aromatic rings. The van der Waals surface area contributed by atoms with E-state index in [1.807, 2.05) is 11.3 Å². The van der Waals surface area contributed by atoms with Gasteiger partial charge >= 0.3 is 0 Å². The number of aromatic nitrogens is 1. The number of fused-ring (bicyclic) bond motifs is 1. The van der Waals surface area contributed by atoms with Crippen LogP contribution in [0.15, 0.2) is 11.4 Å². The smallest absolute Gasteiger partial charge is 0.186 e. The molecule has 0 aromatic carbocycles. The van der Waals surface area contributed by atoms with Crippen LogP contribution in [0.25, 0.3) is 0 Å². The van der Waals surface area contributed by atoms with E-state index in [1.54, 1.807) is 16.2 Å². The summed E-state index contributed by atoms with van der Waals surface area (Å²) in [7, 11) is 0. The molecule has 0 unspecified atom stereocenters. The zero-order valence-corrected chi connectivity index (χ0v) is 12.8. The van der Waals surface area contributed by atoms with E-state index in [1.165, 1.54) is 16.1 Å². The molecule has 0 aliphatic carbocycles. The van der Waals surface area contributed by atoms with Gasteiger partial charge in [0.15, 0.2) is 5.13 Å². The summed E-state index contributed by atoms with van der Waals surface area (Å²) >= 11 is 3.66. The molecule has 0 amide bonds. The second-order valence-corrected chi connectivity index (χ2v) is 6.92. The number of thiophene rings is 1. The number of nitrogens with zero attached hydrogens (tertiary/aromatic N) is 2. The summed E-state index contributed by atoms with van der Waals surface area (Å²) in [5.41, 5.74) is 8.52. The fourth-order valence-electron chi connectivity index (χ4n) is 2.51. The molecule has 0 bridgehead atoms. The van der Waals surface area contributed by atoms with Gasteiger partial charge in [0.1, 0.15) is 0 Å². The molecular formula is C14H19N3S2. The number of hydrogen-bond acceptors (Lipinski definition) is 5. The van der Waals surface area contributed by atoms with E-state index in [9.17, 15) is 0 Å². The molecule has 1 aliphatic heterocycles. The summed E-state index contributed by atoms with van der Waals surface area (Å²) in [6.45, 7) is 4.89. The zero-order valence-electron chi connectivity index (χ0n) is 11.2. The summed E-state index contributed by atoms with van der Waals surface area (Å²) in [5, 5.41) is 3.35. The molecule has 3 heterocycles. The highest BCUT2D eigenvalue weighted by Crippen LogP contribution is 2.32. The first-order chi connectivity index (χ1) is 9.31. The number of hydrogen-bond donors (Lipinski definition) is 1. The van der Waals surface area contributed by atoms with Crippen molar-refractivity contribution in [3.8, 4) is 0 Å². The van der Waals surface area contributed by atoms with Gasteiger partial charge in [0.2, 0.25) is 0 Å².